The second-order valence-corrected chi connectivity index (χ2v) is 4.35. The smallest absolute Gasteiger partial charge is 0.140 e. The van der Waals surface area contributed by atoms with Crippen molar-refractivity contribution in [3.63, 3.8) is 0 Å². The average molecular weight is 285 g/mol. The molecule has 16 heavy (non-hydrogen) atoms. The molecule has 0 saturated heterocycles. The molecule has 4 nitrogen and oxygen atoms in total. The van der Waals surface area contributed by atoms with Crippen molar-refractivity contribution in [1.82, 2.24) is 9.88 Å². The van der Waals surface area contributed by atoms with Crippen LogP contribution in [0, 0.1) is 6.92 Å². The van der Waals surface area contributed by atoms with Gasteiger partial charge in [0.2, 0.25) is 0 Å². The molecular formula is C11H17BrN4. The summed E-state index contributed by atoms with van der Waals surface area (Å²) >= 11 is 3.45. The third-order valence-electron chi connectivity index (χ3n) is 2.27. The van der Waals surface area contributed by atoms with Gasteiger partial charge >= 0.3 is 0 Å². The van der Waals surface area contributed by atoms with Crippen LogP contribution in [0.2, 0.25) is 0 Å². The second kappa shape index (κ2) is 5.84. The Hall–Kier alpha value is -1.10. The molecule has 0 aliphatic carbocycles. The maximum atomic E-state index is 4.40. The third kappa shape index (κ3) is 3.20. The normalized spacial score (nSPS) is 10.8. The van der Waals surface area contributed by atoms with Crippen LogP contribution in [0.15, 0.2) is 15.5 Å². The Balaban J connectivity index is 2.98. The maximum absolute atomic E-state index is 4.40. The van der Waals surface area contributed by atoms with Crippen LogP contribution in [-0.4, -0.2) is 36.9 Å². The first-order chi connectivity index (χ1) is 7.58. The van der Waals surface area contributed by atoms with Crippen molar-refractivity contribution >= 4 is 33.8 Å². The minimum atomic E-state index is 0.834. The molecule has 5 heteroatoms. The minimum absolute atomic E-state index is 0.834. The molecule has 0 bridgehead atoms. The summed E-state index contributed by atoms with van der Waals surface area (Å²) in [5.41, 5.74) is 1.79. The summed E-state index contributed by atoms with van der Waals surface area (Å²) in [6.45, 7) is 4.97. The van der Waals surface area contributed by atoms with Gasteiger partial charge in [-0.1, -0.05) is 0 Å². The Morgan fingerprint density at radius 2 is 2.31 bits per heavy atom. The van der Waals surface area contributed by atoms with E-state index in [-0.39, 0.29) is 0 Å². The third-order valence-corrected chi connectivity index (χ3v) is 2.87. The van der Waals surface area contributed by atoms with Crippen LogP contribution < -0.4 is 5.32 Å². The summed E-state index contributed by atoms with van der Waals surface area (Å²) in [6.07, 6.45) is 1.81. The number of aryl methyl sites for hydroxylation is 1. The number of halogens is 1. The molecule has 0 unspecified atom stereocenters. The number of aromatic nitrogens is 1. The van der Waals surface area contributed by atoms with Gasteiger partial charge in [-0.25, -0.2) is 9.98 Å². The Kier molecular flexibility index (Phi) is 4.73. The lowest BCUT2D eigenvalue weighted by molar-refractivity contribution is 0.552. The average Bonchev–Trinajstić information content (AvgIpc) is 2.29. The fourth-order valence-corrected chi connectivity index (χ4v) is 1.62. The van der Waals surface area contributed by atoms with Crippen molar-refractivity contribution in [2.75, 3.05) is 26.0 Å². The molecule has 0 aromatic carbocycles. The van der Waals surface area contributed by atoms with Crippen LogP contribution >= 0.6 is 15.9 Å². The van der Waals surface area contributed by atoms with Crippen LogP contribution in [0.5, 0.6) is 0 Å². The first kappa shape index (κ1) is 13.0. The van der Waals surface area contributed by atoms with Crippen molar-refractivity contribution < 1.29 is 0 Å². The van der Waals surface area contributed by atoms with Crippen LogP contribution in [0.1, 0.15) is 12.6 Å². The molecule has 1 N–H and O–H groups in total. The summed E-state index contributed by atoms with van der Waals surface area (Å²) in [5, 5.41) is 3.02. The van der Waals surface area contributed by atoms with Crippen LogP contribution in [-0.2, 0) is 0 Å². The molecule has 0 aliphatic rings. The molecule has 0 amide bonds. The van der Waals surface area contributed by atoms with E-state index in [1.54, 1.807) is 0 Å². The van der Waals surface area contributed by atoms with Crippen LogP contribution in [0.3, 0.4) is 0 Å². The largest absolute Gasteiger partial charge is 0.372 e. The Labute approximate surface area is 105 Å². The van der Waals surface area contributed by atoms with Gasteiger partial charge in [-0.2, -0.15) is 0 Å². The predicted octanol–water partition coefficient (Wildman–Crippen LogP) is 2.81. The number of rotatable bonds is 4. The highest BCUT2D eigenvalue weighted by atomic mass is 79.9. The molecule has 1 rings (SSSR count). The van der Waals surface area contributed by atoms with E-state index in [0.717, 1.165) is 28.2 Å². The number of nitrogens with zero attached hydrogens (tertiary/aromatic N) is 3. The predicted molar refractivity (Wildman–Crippen MR) is 72.7 cm³/mol. The standard InChI is InChI=1S/C11H17BrN4/c1-5-16(4)7-14-10-6-9(12)11(13-3)15-8(10)2/h6-7H,5H2,1-4H3,(H,13,15). The first-order valence-electron chi connectivity index (χ1n) is 5.17. The van der Waals surface area contributed by atoms with Gasteiger partial charge < -0.3 is 10.2 Å². The van der Waals surface area contributed by atoms with Gasteiger partial charge in [0.05, 0.1) is 22.2 Å². The van der Waals surface area contributed by atoms with E-state index in [0.29, 0.717) is 0 Å². The fourth-order valence-electron chi connectivity index (χ4n) is 1.12. The van der Waals surface area contributed by atoms with Gasteiger partial charge in [-0.15, -0.1) is 0 Å². The highest BCUT2D eigenvalue weighted by Gasteiger charge is 2.04. The number of hydrogen-bond acceptors (Lipinski definition) is 3. The Morgan fingerprint density at radius 1 is 1.62 bits per heavy atom. The zero-order valence-corrected chi connectivity index (χ0v) is 11.7. The summed E-state index contributed by atoms with van der Waals surface area (Å²) in [5.74, 6) is 0.834. The van der Waals surface area contributed by atoms with Gasteiger partial charge in [-0.05, 0) is 35.8 Å². The van der Waals surface area contributed by atoms with Gasteiger partial charge in [0.25, 0.3) is 0 Å². The van der Waals surface area contributed by atoms with E-state index < -0.39 is 0 Å². The summed E-state index contributed by atoms with van der Waals surface area (Å²) in [4.78, 5) is 10.8. The molecule has 1 heterocycles. The molecule has 0 aliphatic heterocycles. The van der Waals surface area contributed by atoms with Crippen LogP contribution in [0.4, 0.5) is 11.5 Å². The highest BCUT2D eigenvalue weighted by Crippen LogP contribution is 2.27. The highest BCUT2D eigenvalue weighted by molar-refractivity contribution is 9.10. The Morgan fingerprint density at radius 3 is 2.88 bits per heavy atom. The lowest BCUT2D eigenvalue weighted by Crippen LogP contribution is -2.14. The van der Waals surface area contributed by atoms with E-state index >= 15 is 0 Å². The van der Waals surface area contributed by atoms with Gasteiger partial charge in [0.15, 0.2) is 0 Å². The number of anilines is 1. The lowest BCUT2D eigenvalue weighted by atomic mass is 10.3. The topological polar surface area (TPSA) is 40.5 Å². The number of nitrogens with one attached hydrogen (secondary N) is 1. The quantitative estimate of drug-likeness (QED) is 0.683. The molecule has 0 spiro atoms. The summed E-state index contributed by atoms with van der Waals surface area (Å²) in [7, 11) is 3.84. The van der Waals surface area contributed by atoms with Gasteiger partial charge in [0, 0.05) is 20.6 Å². The summed E-state index contributed by atoms with van der Waals surface area (Å²) < 4.78 is 0.923. The molecule has 1 aromatic heterocycles. The molecular weight excluding hydrogens is 268 g/mol. The molecule has 0 fully saturated rings. The van der Waals surface area contributed by atoms with E-state index in [9.17, 15) is 0 Å². The maximum Gasteiger partial charge on any atom is 0.140 e. The monoisotopic (exact) mass is 284 g/mol. The zero-order valence-electron chi connectivity index (χ0n) is 10.1. The van der Waals surface area contributed by atoms with Crippen molar-refractivity contribution in [2.24, 2.45) is 4.99 Å². The number of aliphatic imine (C=N–C) groups is 1. The van der Waals surface area contributed by atoms with Crippen LogP contribution in [0.25, 0.3) is 0 Å². The van der Waals surface area contributed by atoms with E-state index in [1.807, 2.05) is 38.3 Å². The Bertz CT molecular complexity index is 390. The fraction of sp³-hybridized carbons (Fsp3) is 0.455. The molecule has 0 radical (unpaired) electrons. The molecule has 0 saturated carbocycles. The number of hydrogen-bond donors (Lipinski definition) is 1. The molecule has 1 aromatic rings. The van der Waals surface area contributed by atoms with E-state index in [1.165, 1.54) is 0 Å². The first-order valence-corrected chi connectivity index (χ1v) is 5.97. The molecule has 88 valence electrons. The van der Waals surface area contributed by atoms with Crippen molar-refractivity contribution in [1.29, 1.82) is 0 Å². The lowest BCUT2D eigenvalue weighted by Gasteiger charge is -2.10. The summed E-state index contributed by atoms with van der Waals surface area (Å²) in [6, 6.07) is 1.97. The van der Waals surface area contributed by atoms with Gasteiger partial charge in [0.1, 0.15) is 5.82 Å². The second-order valence-electron chi connectivity index (χ2n) is 3.49. The van der Waals surface area contributed by atoms with E-state index in [4.69, 9.17) is 0 Å². The van der Waals surface area contributed by atoms with Crippen molar-refractivity contribution in [3.05, 3.63) is 16.2 Å². The zero-order chi connectivity index (χ0) is 12.1. The van der Waals surface area contributed by atoms with Gasteiger partial charge in [-0.3, -0.25) is 0 Å². The number of pyridine rings is 1. The van der Waals surface area contributed by atoms with Crippen molar-refractivity contribution in [3.8, 4) is 0 Å². The minimum Gasteiger partial charge on any atom is -0.372 e. The van der Waals surface area contributed by atoms with E-state index in [2.05, 4.69) is 38.1 Å². The SMILES string of the molecule is CCN(C)C=Nc1cc(Br)c(NC)nc1C. The molecule has 0 atom stereocenters. The van der Waals surface area contributed by atoms with Crippen molar-refractivity contribution in [2.45, 2.75) is 13.8 Å².